The van der Waals surface area contributed by atoms with Gasteiger partial charge in [0.15, 0.2) is 0 Å². The van der Waals surface area contributed by atoms with E-state index in [0.717, 1.165) is 5.41 Å². The maximum Gasteiger partial charge on any atom is 0.321 e. The van der Waals surface area contributed by atoms with E-state index in [1.807, 2.05) is 0 Å². The molecule has 0 saturated carbocycles. The van der Waals surface area contributed by atoms with Crippen molar-refractivity contribution in [2.45, 2.75) is 0 Å². The summed E-state index contributed by atoms with van der Waals surface area (Å²) >= 11 is 0. The van der Waals surface area contributed by atoms with Crippen molar-refractivity contribution in [3.8, 4) is 11.5 Å². The highest BCUT2D eigenvalue weighted by Crippen LogP contribution is 2.19. The van der Waals surface area contributed by atoms with Crippen molar-refractivity contribution in [1.82, 2.24) is 0 Å². The largest absolute Gasteiger partial charge is 0.508 e. The van der Waals surface area contributed by atoms with Crippen LogP contribution in [-0.2, 0) is 9.84 Å². The van der Waals surface area contributed by atoms with Crippen LogP contribution >= 0.6 is 0 Å². The van der Waals surface area contributed by atoms with Crippen LogP contribution < -0.4 is 10.5 Å². The second-order valence-corrected chi connectivity index (χ2v) is 4.74. The van der Waals surface area contributed by atoms with Crippen molar-refractivity contribution in [2.24, 2.45) is 10.7 Å². The van der Waals surface area contributed by atoms with Gasteiger partial charge in [0.05, 0.1) is 5.41 Å². The lowest BCUT2D eigenvalue weighted by Gasteiger charge is -2.03. The van der Waals surface area contributed by atoms with Gasteiger partial charge in [-0.3, -0.25) is 0 Å². The Morgan fingerprint density at radius 3 is 2.38 bits per heavy atom. The Hall–Kier alpha value is -2.02. The summed E-state index contributed by atoms with van der Waals surface area (Å²) in [7, 11) is -3.67. The number of phenolic OH excluding ortho intramolecular Hbond substituents is 1. The van der Waals surface area contributed by atoms with Crippen molar-refractivity contribution >= 4 is 15.1 Å². The molecule has 6 nitrogen and oxygen atoms in total. The Morgan fingerprint density at radius 2 is 1.88 bits per heavy atom. The third-order valence-electron chi connectivity index (χ3n) is 1.78. The summed E-state index contributed by atoms with van der Waals surface area (Å²) in [4.78, 5) is 3.54. The van der Waals surface area contributed by atoms with Gasteiger partial charge in [-0.1, -0.05) is 0 Å². The van der Waals surface area contributed by atoms with E-state index >= 15 is 0 Å². The zero-order valence-corrected chi connectivity index (χ0v) is 8.81. The quantitative estimate of drug-likeness (QED) is 0.735. The lowest BCUT2D eigenvalue weighted by Crippen LogP contribution is -2.15. The average Bonchev–Trinajstić information content (AvgIpc) is 2.43. The van der Waals surface area contributed by atoms with E-state index in [0.29, 0.717) is 0 Å². The predicted octanol–water partition coefficient (Wildman–Crippen LogP) is 0.313. The monoisotopic (exact) mass is 240 g/mol. The molecule has 84 valence electrons. The number of nitrogens with two attached hydrogens (primary N) is 1. The van der Waals surface area contributed by atoms with Crippen LogP contribution in [-0.4, -0.2) is 18.8 Å². The van der Waals surface area contributed by atoms with Gasteiger partial charge in [0.2, 0.25) is 0 Å². The van der Waals surface area contributed by atoms with E-state index < -0.39 is 15.1 Å². The van der Waals surface area contributed by atoms with Crippen LogP contribution in [0.4, 0.5) is 0 Å². The summed E-state index contributed by atoms with van der Waals surface area (Å²) < 4.78 is 27.8. The number of benzene rings is 1. The van der Waals surface area contributed by atoms with E-state index in [4.69, 9.17) is 15.6 Å². The number of ether oxygens (including phenoxy) is 1. The van der Waals surface area contributed by atoms with Gasteiger partial charge < -0.3 is 15.6 Å². The molecule has 0 spiro atoms. The van der Waals surface area contributed by atoms with E-state index in [1.54, 1.807) is 0 Å². The molecule has 0 fully saturated rings. The number of phenols is 1. The Bertz CT molecular complexity index is 572. The molecule has 1 aromatic carbocycles. The van der Waals surface area contributed by atoms with Crippen LogP contribution in [0.3, 0.4) is 0 Å². The molecule has 2 rings (SSSR count). The maximum absolute atomic E-state index is 11.4. The third kappa shape index (κ3) is 1.98. The second kappa shape index (κ2) is 3.53. The van der Waals surface area contributed by atoms with Crippen LogP contribution in [0.15, 0.2) is 40.5 Å². The third-order valence-corrected chi connectivity index (χ3v) is 2.99. The number of rotatable bonds is 1. The molecule has 1 aliphatic rings. The van der Waals surface area contributed by atoms with Crippen LogP contribution in [0.1, 0.15) is 0 Å². The van der Waals surface area contributed by atoms with E-state index in [9.17, 15) is 8.42 Å². The van der Waals surface area contributed by atoms with Gasteiger partial charge in [0, 0.05) is 0 Å². The van der Waals surface area contributed by atoms with Gasteiger partial charge in [0.1, 0.15) is 17.3 Å². The normalized spacial score (nSPS) is 17.8. The molecular weight excluding hydrogens is 232 g/mol. The predicted molar refractivity (Wildman–Crippen MR) is 57.4 cm³/mol. The first-order chi connectivity index (χ1) is 7.47. The number of sulfone groups is 1. The number of aromatic hydroxyl groups is 1. The van der Waals surface area contributed by atoms with Crippen molar-refractivity contribution in [3.05, 3.63) is 35.5 Å². The Morgan fingerprint density at radius 1 is 1.25 bits per heavy atom. The molecule has 0 atom stereocenters. The minimum absolute atomic E-state index is 0.0567. The van der Waals surface area contributed by atoms with Crippen LogP contribution in [0.2, 0.25) is 0 Å². The standard InChI is InChI=1S/C9H8N2O4S/c10-8-5-16(13,14)9(11-8)15-7-3-1-6(12)2-4-7/h1-5,12H,10H2. The van der Waals surface area contributed by atoms with E-state index in [-0.39, 0.29) is 17.3 Å². The van der Waals surface area contributed by atoms with Gasteiger partial charge in [0.25, 0.3) is 9.84 Å². The highest BCUT2D eigenvalue weighted by Gasteiger charge is 2.26. The van der Waals surface area contributed by atoms with Gasteiger partial charge in [-0.05, 0) is 24.3 Å². The zero-order chi connectivity index (χ0) is 11.8. The summed E-state index contributed by atoms with van der Waals surface area (Å²) in [5.74, 6) is 0.193. The summed E-state index contributed by atoms with van der Waals surface area (Å²) in [6.07, 6.45) is 0. The van der Waals surface area contributed by atoms with Crippen molar-refractivity contribution in [2.75, 3.05) is 0 Å². The number of hydrogen-bond acceptors (Lipinski definition) is 6. The fourth-order valence-corrected chi connectivity index (χ4v) is 2.02. The summed E-state index contributed by atoms with van der Waals surface area (Å²) in [6.45, 7) is 0. The molecule has 0 aliphatic carbocycles. The van der Waals surface area contributed by atoms with E-state index in [1.165, 1.54) is 24.3 Å². The molecule has 16 heavy (non-hydrogen) atoms. The minimum Gasteiger partial charge on any atom is -0.508 e. The first-order valence-corrected chi connectivity index (χ1v) is 5.80. The van der Waals surface area contributed by atoms with Crippen LogP contribution in [0.25, 0.3) is 0 Å². The number of aliphatic imine (C=N–C) groups is 1. The van der Waals surface area contributed by atoms with Gasteiger partial charge >= 0.3 is 5.23 Å². The topological polar surface area (TPSA) is 102 Å². The fraction of sp³-hybridized carbons (Fsp3) is 0. The second-order valence-electron chi connectivity index (χ2n) is 3.06. The highest BCUT2D eigenvalue weighted by atomic mass is 32.2. The Kier molecular flexibility index (Phi) is 2.31. The summed E-state index contributed by atoms with van der Waals surface area (Å²) in [5, 5.41) is 9.39. The van der Waals surface area contributed by atoms with Gasteiger partial charge in [-0.15, -0.1) is 0 Å². The lowest BCUT2D eigenvalue weighted by molar-refractivity contribution is 0.473. The maximum atomic E-state index is 11.4. The Labute approximate surface area is 91.6 Å². The first kappa shape index (κ1) is 10.5. The zero-order valence-electron chi connectivity index (χ0n) is 7.99. The van der Waals surface area contributed by atoms with Crippen molar-refractivity contribution < 1.29 is 18.3 Å². The number of nitrogens with zero attached hydrogens (tertiary/aromatic N) is 1. The molecule has 0 amide bonds. The van der Waals surface area contributed by atoms with Gasteiger partial charge in [-0.25, -0.2) is 8.42 Å². The summed E-state index contributed by atoms with van der Waals surface area (Å²) in [5.41, 5.74) is 5.25. The van der Waals surface area contributed by atoms with Crippen molar-refractivity contribution in [3.63, 3.8) is 0 Å². The minimum atomic E-state index is -3.67. The molecule has 7 heteroatoms. The molecule has 0 unspecified atom stereocenters. The molecule has 1 aromatic rings. The summed E-state index contributed by atoms with van der Waals surface area (Å²) in [6, 6.07) is 5.58. The smallest absolute Gasteiger partial charge is 0.321 e. The fourth-order valence-electron chi connectivity index (χ4n) is 1.10. The molecule has 0 radical (unpaired) electrons. The Balaban J connectivity index is 2.25. The van der Waals surface area contributed by atoms with Crippen LogP contribution in [0.5, 0.6) is 11.5 Å². The molecular formula is C9H8N2O4S. The molecule has 1 heterocycles. The van der Waals surface area contributed by atoms with Gasteiger partial charge in [-0.2, -0.15) is 4.99 Å². The molecule has 0 aromatic heterocycles. The SMILES string of the molecule is NC1=CS(=O)(=O)C(Oc2ccc(O)cc2)=N1. The van der Waals surface area contributed by atoms with Crippen LogP contribution in [0, 0.1) is 0 Å². The molecule has 1 aliphatic heterocycles. The molecule has 0 saturated heterocycles. The first-order valence-electron chi connectivity index (χ1n) is 4.25. The van der Waals surface area contributed by atoms with E-state index in [2.05, 4.69) is 4.99 Å². The number of hydrogen-bond donors (Lipinski definition) is 2. The highest BCUT2D eigenvalue weighted by molar-refractivity contribution is 8.08. The lowest BCUT2D eigenvalue weighted by atomic mass is 10.3. The van der Waals surface area contributed by atoms with Crippen molar-refractivity contribution in [1.29, 1.82) is 0 Å². The average molecular weight is 240 g/mol. The molecule has 3 N–H and O–H groups in total. The molecule has 0 bridgehead atoms.